The van der Waals surface area contributed by atoms with Crippen molar-refractivity contribution in [3.63, 3.8) is 0 Å². The average molecular weight is 289 g/mol. The number of nitro groups is 1. The van der Waals surface area contributed by atoms with Gasteiger partial charge in [0, 0.05) is 16.4 Å². The average Bonchev–Trinajstić information content (AvgIpc) is 2.47. The fourth-order valence-corrected chi connectivity index (χ4v) is 3.82. The third-order valence-electron chi connectivity index (χ3n) is 5.12. The summed E-state index contributed by atoms with van der Waals surface area (Å²) in [6.07, 6.45) is 3.68. The van der Waals surface area contributed by atoms with Gasteiger partial charge in [-0.05, 0) is 51.3 Å². The topological polar surface area (TPSA) is 46.4 Å². The first kappa shape index (κ1) is 16.0. The molecule has 0 aromatic heterocycles. The van der Waals surface area contributed by atoms with E-state index in [1.807, 2.05) is 6.07 Å². The molecule has 0 N–H and O–H groups in total. The lowest BCUT2D eigenvalue weighted by Gasteiger charge is -2.48. The van der Waals surface area contributed by atoms with Crippen molar-refractivity contribution in [3.05, 3.63) is 52.9 Å². The molecule has 1 saturated carbocycles. The van der Waals surface area contributed by atoms with Crippen molar-refractivity contribution in [3.8, 4) is 0 Å². The summed E-state index contributed by atoms with van der Waals surface area (Å²) in [6, 6.07) is 10.4. The van der Waals surface area contributed by atoms with Gasteiger partial charge in [-0.3, -0.25) is 15.0 Å². The highest BCUT2D eigenvalue weighted by Crippen LogP contribution is 2.46. The van der Waals surface area contributed by atoms with Gasteiger partial charge in [-0.1, -0.05) is 37.3 Å². The lowest BCUT2D eigenvalue weighted by atomic mass is 9.66. The Morgan fingerprint density at radius 3 is 2.52 bits per heavy atom. The number of hydrogen-bond donors (Lipinski definition) is 0. The van der Waals surface area contributed by atoms with Crippen molar-refractivity contribution >= 4 is 0 Å². The molecule has 4 heteroatoms. The Balaban J connectivity index is 2.32. The number of hydrogen-bond acceptors (Lipinski definition) is 3. The largest absolute Gasteiger partial charge is 0.300 e. The van der Waals surface area contributed by atoms with Gasteiger partial charge >= 0.3 is 0 Å². The van der Waals surface area contributed by atoms with Crippen LogP contribution in [-0.4, -0.2) is 30.5 Å². The van der Waals surface area contributed by atoms with Crippen molar-refractivity contribution in [1.29, 1.82) is 0 Å². The molecule has 1 aromatic rings. The summed E-state index contributed by atoms with van der Waals surface area (Å²) >= 11 is 0. The number of rotatable bonds is 5. The maximum atomic E-state index is 11.0. The van der Waals surface area contributed by atoms with Gasteiger partial charge in [0.2, 0.25) is 6.54 Å². The third-order valence-corrected chi connectivity index (χ3v) is 5.12. The monoisotopic (exact) mass is 289 g/mol. The van der Waals surface area contributed by atoms with E-state index in [4.69, 9.17) is 0 Å². The van der Waals surface area contributed by atoms with Crippen molar-refractivity contribution in [2.24, 2.45) is 11.8 Å². The van der Waals surface area contributed by atoms with E-state index < -0.39 is 0 Å². The summed E-state index contributed by atoms with van der Waals surface area (Å²) in [4.78, 5) is 13.1. The summed E-state index contributed by atoms with van der Waals surface area (Å²) in [6.45, 7) is 4.05. The molecule has 1 aromatic carbocycles. The zero-order valence-corrected chi connectivity index (χ0v) is 13.0. The minimum absolute atomic E-state index is 0.0581. The van der Waals surface area contributed by atoms with Crippen LogP contribution in [0, 0.1) is 28.9 Å². The molecule has 1 fully saturated rings. The first-order valence-corrected chi connectivity index (χ1v) is 7.63. The Morgan fingerprint density at radius 1 is 1.33 bits per heavy atom. The van der Waals surface area contributed by atoms with Crippen molar-refractivity contribution in [1.82, 2.24) is 4.90 Å². The van der Waals surface area contributed by atoms with Crippen LogP contribution in [0.3, 0.4) is 0 Å². The molecule has 0 spiro atoms. The third kappa shape index (κ3) is 3.26. The van der Waals surface area contributed by atoms with Crippen LogP contribution in [0.2, 0.25) is 0 Å². The molecule has 1 aliphatic rings. The molecule has 1 radical (unpaired) electrons. The van der Waals surface area contributed by atoms with Gasteiger partial charge < -0.3 is 0 Å². The van der Waals surface area contributed by atoms with E-state index in [1.54, 1.807) is 0 Å². The van der Waals surface area contributed by atoms with Gasteiger partial charge in [0.15, 0.2) is 0 Å². The van der Waals surface area contributed by atoms with Crippen LogP contribution in [0.15, 0.2) is 30.3 Å². The first-order chi connectivity index (χ1) is 9.99. The van der Waals surface area contributed by atoms with Gasteiger partial charge in [-0.15, -0.1) is 0 Å². The Bertz CT molecular complexity index is 475. The minimum atomic E-state index is -0.163. The summed E-state index contributed by atoms with van der Waals surface area (Å²) in [5.74, 6) is 0.473. The summed E-state index contributed by atoms with van der Waals surface area (Å²) in [7, 11) is 4.17. The van der Waals surface area contributed by atoms with Crippen molar-refractivity contribution in [2.75, 3.05) is 20.6 Å². The molecule has 1 aliphatic carbocycles. The van der Waals surface area contributed by atoms with E-state index in [2.05, 4.69) is 50.2 Å². The standard InChI is InChI=1S/C17H25N2O2/c1-4-14-10-11-17(18(2)3,12-15(14)13-19(20)21)16-8-6-5-7-9-16/h5-9,14-15H,1,4,10-13H2,2-3H3. The van der Waals surface area contributed by atoms with Gasteiger partial charge in [0.1, 0.15) is 0 Å². The van der Waals surface area contributed by atoms with Crippen LogP contribution in [0.25, 0.3) is 0 Å². The molecule has 4 nitrogen and oxygen atoms in total. The highest BCUT2D eigenvalue weighted by molar-refractivity contribution is 5.25. The predicted molar refractivity (Wildman–Crippen MR) is 84.5 cm³/mol. The van der Waals surface area contributed by atoms with Crippen LogP contribution in [0.4, 0.5) is 0 Å². The number of benzene rings is 1. The molecule has 0 heterocycles. The molecule has 0 saturated heterocycles. The summed E-state index contributed by atoms with van der Waals surface area (Å²) in [5, 5.41) is 11.0. The second-order valence-corrected chi connectivity index (χ2v) is 6.36. The molecule has 3 unspecified atom stereocenters. The van der Waals surface area contributed by atoms with Crippen LogP contribution in [0.1, 0.15) is 31.2 Å². The fourth-order valence-electron chi connectivity index (χ4n) is 3.82. The SMILES string of the molecule is [CH2]CC1CCC(c2ccccc2)(N(C)C)CC1C[N+](=O)[O-]. The number of nitrogens with zero attached hydrogens (tertiary/aromatic N) is 2. The zero-order valence-electron chi connectivity index (χ0n) is 13.0. The van der Waals surface area contributed by atoms with Gasteiger partial charge in [-0.25, -0.2) is 0 Å². The summed E-state index contributed by atoms with van der Waals surface area (Å²) in [5.41, 5.74) is 1.18. The maximum absolute atomic E-state index is 11.0. The van der Waals surface area contributed by atoms with E-state index in [0.717, 1.165) is 25.7 Å². The molecular formula is C17H25N2O2. The molecule has 3 atom stereocenters. The Hall–Kier alpha value is -1.42. The molecule has 0 amide bonds. The molecule has 0 aliphatic heterocycles. The lowest BCUT2D eigenvalue weighted by molar-refractivity contribution is -0.491. The van der Waals surface area contributed by atoms with E-state index in [0.29, 0.717) is 5.92 Å². The second kappa shape index (κ2) is 6.56. The Kier molecular flexibility index (Phi) is 4.99. The van der Waals surface area contributed by atoms with Gasteiger partial charge in [0.25, 0.3) is 0 Å². The van der Waals surface area contributed by atoms with Crippen molar-refractivity contribution in [2.45, 2.75) is 31.2 Å². The second-order valence-electron chi connectivity index (χ2n) is 6.36. The van der Waals surface area contributed by atoms with Crippen molar-refractivity contribution < 1.29 is 4.92 Å². The molecule has 115 valence electrons. The smallest absolute Gasteiger partial charge is 0.207 e. The van der Waals surface area contributed by atoms with E-state index >= 15 is 0 Å². The quantitative estimate of drug-likeness (QED) is 0.617. The molecule has 21 heavy (non-hydrogen) atoms. The van der Waals surface area contributed by atoms with Crippen LogP contribution in [0.5, 0.6) is 0 Å². The lowest BCUT2D eigenvalue weighted by Crippen LogP contribution is -2.48. The highest BCUT2D eigenvalue weighted by Gasteiger charge is 2.44. The van der Waals surface area contributed by atoms with Gasteiger partial charge in [0.05, 0.1) is 0 Å². The fraction of sp³-hybridized carbons (Fsp3) is 0.588. The molecule has 0 bridgehead atoms. The van der Waals surface area contributed by atoms with Crippen LogP contribution < -0.4 is 0 Å². The Morgan fingerprint density at radius 2 is 2.00 bits per heavy atom. The first-order valence-electron chi connectivity index (χ1n) is 7.63. The van der Waals surface area contributed by atoms with E-state index in [-0.39, 0.29) is 22.9 Å². The molecule has 2 rings (SSSR count). The van der Waals surface area contributed by atoms with Crippen LogP contribution in [-0.2, 0) is 5.54 Å². The maximum Gasteiger partial charge on any atom is 0.207 e. The Labute approximate surface area is 127 Å². The zero-order chi connectivity index (χ0) is 15.5. The normalized spacial score (nSPS) is 29.5. The minimum Gasteiger partial charge on any atom is -0.300 e. The van der Waals surface area contributed by atoms with E-state index in [1.165, 1.54) is 5.56 Å². The highest BCUT2D eigenvalue weighted by atomic mass is 16.6. The van der Waals surface area contributed by atoms with E-state index in [9.17, 15) is 10.1 Å². The summed E-state index contributed by atoms with van der Waals surface area (Å²) < 4.78 is 0. The predicted octanol–water partition coefficient (Wildman–Crippen LogP) is 3.36. The van der Waals surface area contributed by atoms with Gasteiger partial charge in [-0.2, -0.15) is 0 Å². The molecular weight excluding hydrogens is 264 g/mol. The van der Waals surface area contributed by atoms with Crippen LogP contribution >= 0.6 is 0 Å².